The Labute approximate surface area is 179 Å². The van der Waals surface area contributed by atoms with Crippen LogP contribution < -0.4 is 4.74 Å². The first-order valence-electron chi connectivity index (χ1n) is 9.29. The summed E-state index contributed by atoms with van der Waals surface area (Å²) < 4.78 is 27.9. The van der Waals surface area contributed by atoms with Crippen molar-refractivity contribution in [1.29, 1.82) is 5.26 Å². The molecule has 0 bridgehead atoms. The Morgan fingerprint density at radius 2 is 2.00 bits per heavy atom. The fourth-order valence-corrected chi connectivity index (χ4v) is 3.83. The zero-order chi connectivity index (χ0) is 21.2. The molecular formula is C21H23BrFN3O2Si. The van der Waals surface area contributed by atoms with Gasteiger partial charge < -0.3 is 9.47 Å². The minimum absolute atomic E-state index is 0.149. The highest BCUT2D eigenvalue weighted by Crippen LogP contribution is 2.31. The topological polar surface area (TPSA) is 60.1 Å². The van der Waals surface area contributed by atoms with Gasteiger partial charge >= 0.3 is 0 Å². The monoisotopic (exact) mass is 475 g/mol. The van der Waals surface area contributed by atoms with Crippen LogP contribution in [0, 0.1) is 24.1 Å². The molecule has 3 rings (SSSR count). The summed E-state index contributed by atoms with van der Waals surface area (Å²) in [7, 11) is -1.21. The molecule has 0 saturated carbocycles. The number of aromatic nitrogens is 2. The number of nitriles is 1. The second-order valence-electron chi connectivity index (χ2n) is 8.11. The van der Waals surface area contributed by atoms with E-state index in [0.717, 1.165) is 11.6 Å². The quantitative estimate of drug-likeness (QED) is 0.231. The lowest BCUT2D eigenvalue weighted by Gasteiger charge is -2.17. The Hall–Kier alpha value is -2.21. The molecule has 0 saturated heterocycles. The van der Waals surface area contributed by atoms with Crippen LogP contribution in [0.2, 0.25) is 25.7 Å². The lowest BCUT2D eigenvalue weighted by atomic mass is 10.1. The maximum Gasteiger partial charge on any atom is 0.204 e. The zero-order valence-corrected chi connectivity index (χ0v) is 19.5. The van der Waals surface area contributed by atoms with E-state index in [0.29, 0.717) is 34.8 Å². The van der Waals surface area contributed by atoms with E-state index >= 15 is 0 Å². The Morgan fingerprint density at radius 3 is 2.69 bits per heavy atom. The first-order chi connectivity index (χ1) is 13.7. The van der Waals surface area contributed by atoms with Crippen molar-refractivity contribution in [3.05, 3.63) is 51.9 Å². The molecule has 29 heavy (non-hydrogen) atoms. The minimum Gasteiger partial charge on any atom is -0.441 e. The molecule has 5 nitrogen and oxygen atoms in total. The van der Waals surface area contributed by atoms with Gasteiger partial charge in [-0.3, -0.25) is 4.57 Å². The Morgan fingerprint density at radius 1 is 1.24 bits per heavy atom. The van der Waals surface area contributed by atoms with Crippen LogP contribution in [0.5, 0.6) is 11.6 Å². The van der Waals surface area contributed by atoms with E-state index in [2.05, 4.69) is 46.6 Å². The number of hydrogen-bond acceptors (Lipinski definition) is 4. The van der Waals surface area contributed by atoms with E-state index < -0.39 is 13.9 Å². The summed E-state index contributed by atoms with van der Waals surface area (Å²) in [5.74, 6) is 0.552. The third-order valence-corrected chi connectivity index (χ3v) is 6.79. The van der Waals surface area contributed by atoms with E-state index in [1.807, 2.05) is 13.0 Å². The molecule has 0 fully saturated rings. The zero-order valence-electron chi connectivity index (χ0n) is 16.9. The highest BCUT2D eigenvalue weighted by molar-refractivity contribution is 9.10. The number of ether oxygens (including phenoxy) is 2. The van der Waals surface area contributed by atoms with Gasteiger partial charge in [-0.2, -0.15) is 5.26 Å². The van der Waals surface area contributed by atoms with Gasteiger partial charge in [0.25, 0.3) is 0 Å². The van der Waals surface area contributed by atoms with Crippen molar-refractivity contribution in [3.8, 4) is 17.7 Å². The predicted octanol–water partition coefficient (Wildman–Crippen LogP) is 6.22. The summed E-state index contributed by atoms with van der Waals surface area (Å²) in [5.41, 5.74) is 2.60. The lowest BCUT2D eigenvalue weighted by Crippen LogP contribution is -2.22. The number of pyridine rings is 1. The number of halogens is 2. The van der Waals surface area contributed by atoms with Crippen LogP contribution in [-0.2, 0) is 11.5 Å². The highest BCUT2D eigenvalue weighted by Gasteiger charge is 2.17. The molecule has 0 aliphatic rings. The molecule has 0 spiro atoms. The van der Waals surface area contributed by atoms with E-state index in [1.165, 1.54) is 6.07 Å². The summed E-state index contributed by atoms with van der Waals surface area (Å²) in [4.78, 5) is 4.25. The van der Waals surface area contributed by atoms with Crippen LogP contribution in [0.15, 0.2) is 34.9 Å². The van der Waals surface area contributed by atoms with Crippen molar-refractivity contribution in [2.24, 2.45) is 0 Å². The van der Waals surface area contributed by atoms with Crippen molar-refractivity contribution < 1.29 is 13.9 Å². The number of rotatable bonds is 7. The van der Waals surface area contributed by atoms with Crippen LogP contribution >= 0.6 is 15.9 Å². The van der Waals surface area contributed by atoms with Crippen molar-refractivity contribution in [3.63, 3.8) is 0 Å². The molecule has 0 amide bonds. The van der Waals surface area contributed by atoms with Crippen molar-refractivity contribution in [2.75, 3.05) is 6.61 Å². The van der Waals surface area contributed by atoms with Crippen molar-refractivity contribution >= 4 is 35.0 Å². The normalized spacial score (nSPS) is 11.6. The second-order valence-corrected chi connectivity index (χ2v) is 14.5. The maximum absolute atomic E-state index is 14.1. The molecule has 1 aromatic carbocycles. The average Bonchev–Trinajstić information content (AvgIpc) is 2.96. The molecule has 2 aromatic heterocycles. The van der Waals surface area contributed by atoms with Crippen LogP contribution in [-0.4, -0.2) is 24.2 Å². The third kappa shape index (κ3) is 5.24. The molecule has 0 atom stereocenters. The number of hydrogen-bond donors (Lipinski definition) is 0. The molecule has 8 heteroatoms. The second kappa shape index (κ2) is 8.65. The lowest BCUT2D eigenvalue weighted by molar-refractivity contribution is 0.0858. The Kier molecular flexibility index (Phi) is 6.41. The summed E-state index contributed by atoms with van der Waals surface area (Å²) in [6, 6.07) is 11.7. The third-order valence-electron chi connectivity index (χ3n) is 4.53. The van der Waals surface area contributed by atoms with Gasteiger partial charge in [0.05, 0.1) is 22.7 Å². The number of nitrogens with zero attached hydrogens (tertiary/aromatic N) is 3. The SMILES string of the molecule is Cc1ccc(Oc2cc3nc(Br)c(F)cc3n2COCC[Si](C)(C)C)cc1C#N. The Bertz CT molecular complexity index is 1090. The van der Waals surface area contributed by atoms with Gasteiger partial charge in [-0.25, -0.2) is 9.37 Å². The molecular weight excluding hydrogens is 453 g/mol. The summed E-state index contributed by atoms with van der Waals surface area (Å²) >= 11 is 3.13. The minimum atomic E-state index is -1.21. The van der Waals surface area contributed by atoms with Gasteiger partial charge in [0.1, 0.15) is 17.1 Å². The highest BCUT2D eigenvalue weighted by atomic mass is 79.9. The number of benzene rings is 1. The summed E-state index contributed by atoms with van der Waals surface area (Å²) in [6.07, 6.45) is 0. The molecule has 0 aliphatic heterocycles. The standard InChI is InChI=1S/C21H23BrFN3O2Si/c1-14-5-6-16(9-15(14)12-24)28-20-11-18-19(10-17(23)21(22)25-18)26(20)13-27-7-8-29(2,3)4/h5-6,9-11H,7-8,13H2,1-4H3. The van der Waals surface area contributed by atoms with E-state index in [9.17, 15) is 9.65 Å². The van der Waals surface area contributed by atoms with Gasteiger partial charge in [0.15, 0.2) is 5.82 Å². The molecule has 0 aliphatic carbocycles. The maximum atomic E-state index is 14.1. The first-order valence-corrected chi connectivity index (χ1v) is 13.8. The molecule has 0 unspecified atom stereocenters. The summed E-state index contributed by atoms with van der Waals surface area (Å²) in [6.45, 7) is 9.59. The fraction of sp³-hybridized carbons (Fsp3) is 0.333. The molecule has 3 aromatic rings. The molecule has 2 heterocycles. The molecule has 152 valence electrons. The summed E-state index contributed by atoms with van der Waals surface area (Å²) in [5, 5.41) is 9.26. The first kappa shape index (κ1) is 21.5. The van der Waals surface area contributed by atoms with Gasteiger partial charge in [0, 0.05) is 26.8 Å². The van der Waals surface area contributed by atoms with Crippen molar-refractivity contribution in [2.45, 2.75) is 39.3 Å². The van der Waals surface area contributed by atoms with Crippen LogP contribution in [0.4, 0.5) is 4.39 Å². The van der Waals surface area contributed by atoms with Crippen molar-refractivity contribution in [1.82, 2.24) is 9.55 Å². The number of fused-ring (bicyclic) bond motifs is 1. The van der Waals surface area contributed by atoms with Gasteiger partial charge in [-0.1, -0.05) is 25.7 Å². The number of aryl methyl sites for hydroxylation is 1. The van der Waals surface area contributed by atoms with Gasteiger partial charge in [-0.05, 0) is 46.6 Å². The Balaban J connectivity index is 1.93. The average molecular weight is 476 g/mol. The fourth-order valence-electron chi connectivity index (χ4n) is 2.76. The van der Waals surface area contributed by atoms with Crippen LogP contribution in [0.25, 0.3) is 11.0 Å². The van der Waals surface area contributed by atoms with Gasteiger partial charge in [0.2, 0.25) is 5.88 Å². The van der Waals surface area contributed by atoms with E-state index in [-0.39, 0.29) is 11.3 Å². The van der Waals surface area contributed by atoms with E-state index in [1.54, 1.807) is 22.8 Å². The molecule has 0 N–H and O–H groups in total. The predicted molar refractivity (Wildman–Crippen MR) is 117 cm³/mol. The van der Waals surface area contributed by atoms with Crippen LogP contribution in [0.3, 0.4) is 0 Å². The smallest absolute Gasteiger partial charge is 0.204 e. The largest absolute Gasteiger partial charge is 0.441 e. The van der Waals surface area contributed by atoms with Crippen LogP contribution in [0.1, 0.15) is 11.1 Å². The van der Waals surface area contributed by atoms with Gasteiger partial charge in [-0.15, -0.1) is 0 Å². The molecule has 0 radical (unpaired) electrons. The van der Waals surface area contributed by atoms with E-state index in [4.69, 9.17) is 9.47 Å².